The maximum atomic E-state index is 12.0. The van der Waals surface area contributed by atoms with Crippen LogP contribution in [0, 0.1) is 5.92 Å². The van der Waals surface area contributed by atoms with Crippen LogP contribution in [0.1, 0.15) is 128 Å². The number of aliphatic hydroxyl groups is 3. The van der Waals surface area contributed by atoms with Gasteiger partial charge < -0.3 is 65.4 Å². The van der Waals surface area contributed by atoms with Crippen molar-refractivity contribution in [1.29, 1.82) is 0 Å². The maximum absolute atomic E-state index is 12.0. The molecule has 0 spiro atoms. The Hall–Kier alpha value is -5.94. The Kier molecular flexibility index (Phi) is 16.7. The van der Waals surface area contributed by atoms with E-state index in [4.69, 9.17) is 18.9 Å². The van der Waals surface area contributed by atoms with Gasteiger partial charge in [0.05, 0.1) is 25.5 Å². The molecule has 10 N–H and O–H groups in total. The minimum absolute atomic E-state index is 0.00145. The number of benzene rings is 5. The largest absolute Gasteiger partial charge is 0.507 e. The highest BCUT2D eigenvalue weighted by Gasteiger charge is 2.51. The Bertz CT molecular complexity index is 3110. The van der Waals surface area contributed by atoms with E-state index in [1.54, 1.807) is 12.1 Å². The Morgan fingerprint density at radius 1 is 0.861 bits per heavy atom. The van der Waals surface area contributed by atoms with Crippen LogP contribution < -0.4 is 35.5 Å². The summed E-state index contributed by atoms with van der Waals surface area (Å²) in [7, 11) is 0. The molecule has 0 saturated heterocycles. The topological polar surface area (TPSA) is 202 Å². The molecule has 6 unspecified atom stereocenters. The van der Waals surface area contributed by atoms with E-state index >= 15 is 0 Å². The summed E-state index contributed by atoms with van der Waals surface area (Å²) in [5.74, 6) is 2.02. The van der Waals surface area contributed by atoms with Crippen molar-refractivity contribution >= 4 is 17.0 Å². The van der Waals surface area contributed by atoms with E-state index < -0.39 is 23.4 Å². The van der Waals surface area contributed by atoms with Crippen molar-refractivity contribution in [3.8, 4) is 39.9 Å². The molecular formula is C65H81N5O9. The summed E-state index contributed by atoms with van der Waals surface area (Å²) in [4.78, 5) is 3.41. The summed E-state index contributed by atoms with van der Waals surface area (Å²) in [6.07, 6.45) is 12.4. The highest BCUT2D eigenvalue weighted by Crippen LogP contribution is 2.61. The van der Waals surface area contributed by atoms with Gasteiger partial charge in [-0.3, -0.25) is 5.32 Å². The second-order valence-corrected chi connectivity index (χ2v) is 23.6. The molecule has 1 aromatic heterocycles. The third kappa shape index (κ3) is 11.7. The first-order chi connectivity index (χ1) is 38.4. The van der Waals surface area contributed by atoms with Crippen LogP contribution in [0.25, 0.3) is 28.1 Å². The fourth-order valence-corrected chi connectivity index (χ4v) is 13.8. The van der Waals surface area contributed by atoms with E-state index in [9.17, 15) is 25.5 Å². The second kappa shape index (κ2) is 24.0. The van der Waals surface area contributed by atoms with Gasteiger partial charge in [0.15, 0.2) is 17.6 Å². The van der Waals surface area contributed by atoms with Crippen molar-refractivity contribution in [1.82, 2.24) is 26.3 Å². The molecule has 5 aliphatic rings. The van der Waals surface area contributed by atoms with Crippen molar-refractivity contribution in [3.05, 3.63) is 141 Å². The standard InChI is InChI=1S/C65H81N5O9/c1-40(2)32-64(3,75)36-67-38-68-37-65(77-39-70-46-13-7-8-14-46)33-53-50-31-52-58(43-15-20-54-42(28-43)23-25-69-54)45(34-66-24-9-12-41-10-5-4-6-11-41)29-51-55(73)22-19-48(59(51)52)60(50)62-49(18-17-47(35-72)78-62)61(53)79-63(65)44-16-21-56(74)57(30-44)76-27-26-71/h4-6,10-11,15-16,19-23,25,28-30,40,46-47,52,58,63,66-75H,7-9,12-14,17-18,24,26-27,31-39H2,1-3H3. The summed E-state index contributed by atoms with van der Waals surface area (Å²) < 4.78 is 28.1. The van der Waals surface area contributed by atoms with Gasteiger partial charge in [-0.1, -0.05) is 75.2 Å². The van der Waals surface area contributed by atoms with E-state index in [1.807, 2.05) is 25.3 Å². The summed E-state index contributed by atoms with van der Waals surface area (Å²) in [6.45, 7) is 8.60. The van der Waals surface area contributed by atoms with E-state index in [0.29, 0.717) is 76.1 Å². The number of fused-ring (bicyclic) bond motifs is 8. The van der Waals surface area contributed by atoms with E-state index in [0.717, 1.165) is 93.4 Å². The smallest absolute Gasteiger partial charge is 0.161 e. The molecule has 0 radical (unpaired) electrons. The Morgan fingerprint density at radius 3 is 2.49 bits per heavy atom. The summed E-state index contributed by atoms with van der Waals surface area (Å²) >= 11 is 0. The molecule has 11 rings (SSSR count). The maximum Gasteiger partial charge on any atom is 0.161 e. The zero-order valence-electron chi connectivity index (χ0n) is 46.2. The number of rotatable bonds is 24. The highest BCUT2D eigenvalue weighted by atomic mass is 16.6. The van der Waals surface area contributed by atoms with Crippen LogP contribution in [0.3, 0.4) is 0 Å². The molecule has 0 bridgehead atoms. The molecule has 79 heavy (non-hydrogen) atoms. The summed E-state index contributed by atoms with van der Waals surface area (Å²) in [5, 5.41) is 71.0. The van der Waals surface area contributed by atoms with Crippen LogP contribution in [0.15, 0.2) is 96.7 Å². The molecule has 1 saturated carbocycles. The fourth-order valence-electron chi connectivity index (χ4n) is 13.8. The van der Waals surface area contributed by atoms with Crippen LogP contribution in [0.2, 0.25) is 0 Å². The van der Waals surface area contributed by atoms with Crippen LogP contribution in [-0.2, 0) is 30.4 Å². The fraction of sp³-hybridized carbons (Fsp3) is 0.477. The predicted molar refractivity (Wildman–Crippen MR) is 309 cm³/mol. The lowest BCUT2D eigenvalue weighted by Gasteiger charge is -2.48. The monoisotopic (exact) mass is 1080 g/mol. The van der Waals surface area contributed by atoms with E-state index in [-0.39, 0.29) is 55.6 Å². The number of aromatic nitrogens is 1. The summed E-state index contributed by atoms with van der Waals surface area (Å²) in [6, 6.07) is 29.0. The number of aromatic amines is 1. The average molecular weight is 1080 g/mol. The molecule has 5 aromatic carbocycles. The molecule has 3 heterocycles. The molecular weight excluding hydrogens is 995 g/mol. The van der Waals surface area contributed by atoms with Crippen molar-refractivity contribution < 1.29 is 44.5 Å². The minimum atomic E-state index is -1.07. The third-order valence-electron chi connectivity index (χ3n) is 17.2. The molecule has 6 atom stereocenters. The van der Waals surface area contributed by atoms with Crippen LogP contribution >= 0.6 is 0 Å². The average Bonchev–Trinajstić information content (AvgIpc) is 3.87. The van der Waals surface area contributed by atoms with Crippen molar-refractivity contribution in [2.45, 2.75) is 133 Å². The van der Waals surface area contributed by atoms with Crippen molar-refractivity contribution in [3.63, 3.8) is 0 Å². The van der Waals surface area contributed by atoms with Gasteiger partial charge in [-0.2, -0.15) is 0 Å². The molecule has 0 amide bonds. The first-order valence-corrected chi connectivity index (χ1v) is 29.0. The normalized spacial score (nSPS) is 22.1. The number of aromatic hydroxyl groups is 2. The zero-order valence-corrected chi connectivity index (χ0v) is 46.2. The number of phenols is 2. The third-order valence-corrected chi connectivity index (χ3v) is 17.2. The molecule has 14 nitrogen and oxygen atoms in total. The number of aliphatic hydroxyl groups excluding tert-OH is 2. The molecule has 2 aliphatic heterocycles. The van der Waals surface area contributed by atoms with Gasteiger partial charge in [0.25, 0.3) is 0 Å². The Morgan fingerprint density at radius 2 is 1.68 bits per heavy atom. The lowest BCUT2D eigenvalue weighted by Crippen LogP contribution is -2.56. The molecule has 420 valence electrons. The predicted octanol–water partition coefficient (Wildman–Crippen LogP) is 9.20. The number of hydrogen-bond acceptors (Lipinski definition) is 13. The lowest BCUT2D eigenvalue weighted by molar-refractivity contribution is -0.131. The van der Waals surface area contributed by atoms with Crippen LogP contribution in [-0.4, -0.2) is 113 Å². The SMILES string of the molecule is CC(C)CC(C)(O)CNCNCC1(OCNC2CCCC2)Cc2c3c(c4c(c2OC1c1ccc(O)c(OCCO)c1)CCC(CO)O4)-c1ccc(O)c2c1C(C3)C(c1ccc3[nH]ccc3c1)C(CNCCCc1ccccc1)=C2. The lowest BCUT2D eigenvalue weighted by atomic mass is 9.62. The first kappa shape index (κ1) is 55.0. The first-order valence-electron chi connectivity index (χ1n) is 29.0. The molecule has 3 aliphatic carbocycles. The summed E-state index contributed by atoms with van der Waals surface area (Å²) in [5.41, 5.74) is 10.5. The van der Waals surface area contributed by atoms with Crippen molar-refractivity contribution in [2.75, 3.05) is 59.4 Å². The van der Waals surface area contributed by atoms with Crippen molar-refractivity contribution in [2.24, 2.45) is 5.92 Å². The molecule has 1 fully saturated rings. The molecule has 6 aromatic rings. The Balaban J connectivity index is 1.05. The van der Waals surface area contributed by atoms with E-state index in [1.165, 1.54) is 29.5 Å². The number of ether oxygens (including phenoxy) is 4. The molecule has 14 heteroatoms. The van der Waals surface area contributed by atoms with Gasteiger partial charge in [-0.15, -0.1) is 0 Å². The minimum Gasteiger partial charge on any atom is -0.507 e. The van der Waals surface area contributed by atoms with E-state index in [2.05, 4.69) is 107 Å². The number of hydrogen-bond donors (Lipinski definition) is 10. The van der Waals surface area contributed by atoms with Gasteiger partial charge in [0.1, 0.15) is 35.6 Å². The quantitative estimate of drug-likeness (QED) is 0.0203. The van der Waals surface area contributed by atoms with Crippen LogP contribution in [0.5, 0.6) is 28.7 Å². The van der Waals surface area contributed by atoms with Gasteiger partial charge in [-0.05, 0) is 163 Å². The Labute approximate surface area is 464 Å². The van der Waals surface area contributed by atoms with Gasteiger partial charge in [0, 0.05) is 78.7 Å². The zero-order chi connectivity index (χ0) is 54.7. The second-order valence-electron chi connectivity index (χ2n) is 23.6. The number of aryl methyl sites for hydroxylation is 1. The number of H-pyrrole nitrogens is 1. The highest BCUT2D eigenvalue weighted by molar-refractivity contribution is 5.90. The van der Waals surface area contributed by atoms with Gasteiger partial charge >= 0.3 is 0 Å². The van der Waals surface area contributed by atoms with Gasteiger partial charge in [-0.25, -0.2) is 0 Å². The van der Waals surface area contributed by atoms with Gasteiger partial charge in [0.2, 0.25) is 0 Å². The number of phenolic OH excluding ortho intramolecular Hbond substituents is 2. The van der Waals surface area contributed by atoms with Crippen LogP contribution in [0.4, 0.5) is 0 Å². The number of nitrogens with one attached hydrogen (secondary N) is 5.